The van der Waals surface area contributed by atoms with E-state index in [1.807, 2.05) is 36.4 Å². The second kappa shape index (κ2) is 11.2. The molecular formula is C26H34O6Si. The first-order valence-corrected chi connectivity index (χ1v) is 13.9. The fourth-order valence-corrected chi connectivity index (χ4v) is 3.67. The van der Waals surface area contributed by atoms with E-state index >= 15 is 0 Å². The van der Waals surface area contributed by atoms with E-state index in [0.717, 1.165) is 5.56 Å². The zero-order valence-electron chi connectivity index (χ0n) is 20.6. The zero-order valence-corrected chi connectivity index (χ0v) is 21.6. The SMILES string of the molecule is CCOC(=O)/C(=C/c1cc(O[Si](C)(C)C(C)(C)C)ccc1OCc1ccccc1)OC(C)=O. The molecule has 2 aromatic carbocycles. The van der Waals surface area contributed by atoms with Gasteiger partial charge in [-0.25, -0.2) is 4.79 Å². The van der Waals surface area contributed by atoms with Crippen molar-refractivity contribution in [2.24, 2.45) is 0 Å². The van der Waals surface area contributed by atoms with Crippen LogP contribution in [0.2, 0.25) is 18.1 Å². The molecule has 0 aliphatic rings. The molecule has 0 radical (unpaired) electrons. The maximum atomic E-state index is 12.4. The lowest BCUT2D eigenvalue weighted by Crippen LogP contribution is -2.43. The van der Waals surface area contributed by atoms with Gasteiger partial charge < -0.3 is 18.6 Å². The molecule has 178 valence electrons. The number of carbonyl (C=O) groups excluding carboxylic acids is 2. The first-order chi connectivity index (χ1) is 15.4. The fraction of sp³-hybridized carbons (Fsp3) is 0.385. The summed E-state index contributed by atoms with van der Waals surface area (Å²) in [6, 6.07) is 15.2. The summed E-state index contributed by atoms with van der Waals surface area (Å²) in [6.45, 7) is 14.2. The van der Waals surface area contributed by atoms with Crippen LogP contribution in [0.25, 0.3) is 6.08 Å². The number of ether oxygens (including phenoxy) is 3. The van der Waals surface area contributed by atoms with Crippen molar-refractivity contribution in [1.82, 2.24) is 0 Å². The molecule has 0 bridgehead atoms. The molecule has 0 N–H and O–H groups in total. The number of benzene rings is 2. The lowest BCUT2D eigenvalue weighted by Gasteiger charge is -2.36. The van der Waals surface area contributed by atoms with E-state index in [-0.39, 0.29) is 17.4 Å². The molecule has 0 atom stereocenters. The van der Waals surface area contributed by atoms with Crippen LogP contribution in [0.3, 0.4) is 0 Å². The summed E-state index contributed by atoms with van der Waals surface area (Å²) in [4.78, 5) is 24.0. The largest absolute Gasteiger partial charge is 0.543 e. The highest BCUT2D eigenvalue weighted by molar-refractivity contribution is 6.74. The van der Waals surface area contributed by atoms with Gasteiger partial charge in [0.1, 0.15) is 18.1 Å². The Balaban J connectivity index is 2.47. The van der Waals surface area contributed by atoms with Gasteiger partial charge in [0, 0.05) is 12.5 Å². The molecule has 2 aromatic rings. The summed E-state index contributed by atoms with van der Waals surface area (Å²) in [6.07, 6.45) is 1.46. The van der Waals surface area contributed by atoms with E-state index in [4.69, 9.17) is 18.6 Å². The number of hydrogen-bond acceptors (Lipinski definition) is 6. The Morgan fingerprint density at radius 3 is 2.27 bits per heavy atom. The summed E-state index contributed by atoms with van der Waals surface area (Å²) in [5.41, 5.74) is 1.55. The van der Waals surface area contributed by atoms with Crippen molar-refractivity contribution in [1.29, 1.82) is 0 Å². The monoisotopic (exact) mass is 470 g/mol. The average Bonchev–Trinajstić information content (AvgIpc) is 2.72. The lowest BCUT2D eigenvalue weighted by atomic mass is 10.1. The molecule has 0 saturated carbocycles. The molecule has 0 fully saturated rings. The molecular weight excluding hydrogens is 436 g/mol. The zero-order chi connectivity index (χ0) is 24.6. The van der Waals surface area contributed by atoms with Crippen molar-refractivity contribution in [2.45, 2.75) is 59.4 Å². The molecule has 0 spiro atoms. The van der Waals surface area contributed by atoms with Gasteiger partial charge in [0.15, 0.2) is 0 Å². The Labute approximate surface area is 197 Å². The third-order valence-corrected chi connectivity index (χ3v) is 9.77. The van der Waals surface area contributed by atoms with Crippen molar-refractivity contribution < 1.29 is 28.2 Å². The van der Waals surface area contributed by atoms with E-state index in [1.165, 1.54) is 13.0 Å². The minimum atomic E-state index is -2.10. The maximum absolute atomic E-state index is 12.4. The summed E-state index contributed by atoms with van der Waals surface area (Å²) in [5.74, 6) is -0.369. The Morgan fingerprint density at radius 2 is 1.70 bits per heavy atom. The molecule has 0 aliphatic heterocycles. The van der Waals surface area contributed by atoms with Crippen LogP contribution in [0.15, 0.2) is 54.3 Å². The highest BCUT2D eigenvalue weighted by Gasteiger charge is 2.39. The predicted octanol–water partition coefficient (Wildman–Crippen LogP) is 6.12. The molecule has 0 heterocycles. The van der Waals surface area contributed by atoms with Gasteiger partial charge in [-0.1, -0.05) is 51.1 Å². The third-order valence-electron chi connectivity index (χ3n) is 5.41. The quantitative estimate of drug-likeness (QED) is 0.190. The first-order valence-electron chi connectivity index (χ1n) is 11.0. The molecule has 0 aliphatic carbocycles. The van der Waals surface area contributed by atoms with Gasteiger partial charge in [0.05, 0.1) is 6.61 Å². The summed E-state index contributed by atoms with van der Waals surface area (Å²) >= 11 is 0. The number of carbonyl (C=O) groups is 2. The van der Waals surface area contributed by atoms with Gasteiger partial charge in [0.25, 0.3) is 0 Å². The second-order valence-electron chi connectivity index (χ2n) is 9.16. The van der Waals surface area contributed by atoms with E-state index in [2.05, 4.69) is 33.9 Å². The van der Waals surface area contributed by atoms with Crippen LogP contribution >= 0.6 is 0 Å². The Bertz CT molecular complexity index is 990. The molecule has 33 heavy (non-hydrogen) atoms. The highest BCUT2D eigenvalue weighted by atomic mass is 28.4. The van der Waals surface area contributed by atoms with Gasteiger partial charge in [-0.3, -0.25) is 4.79 Å². The van der Waals surface area contributed by atoms with E-state index < -0.39 is 20.3 Å². The van der Waals surface area contributed by atoms with Crippen LogP contribution in [0, 0.1) is 0 Å². The van der Waals surface area contributed by atoms with Crippen LogP contribution in [-0.2, 0) is 25.7 Å². The predicted molar refractivity (Wildman–Crippen MR) is 131 cm³/mol. The lowest BCUT2D eigenvalue weighted by molar-refractivity contribution is -0.149. The van der Waals surface area contributed by atoms with E-state index in [9.17, 15) is 9.59 Å². The minimum Gasteiger partial charge on any atom is -0.543 e. The van der Waals surface area contributed by atoms with Gasteiger partial charge >= 0.3 is 11.9 Å². The van der Waals surface area contributed by atoms with Gasteiger partial charge in [-0.05, 0) is 54.9 Å². The molecule has 0 aromatic heterocycles. The fourth-order valence-electron chi connectivity index (χ4n) is 2.65. The van der Waals surface area contributed by atoms with Crippen LogP contribution in [0.5, 0.6) is 11.5 Å². The van der Waals surface area contributed by atoms with Crippen molar-refractivity contribution in [3.05, 3.63) is 65.4 Å². The highest BCUT2D eigenvalue weighted by Crippen LogP contribution is 2.38. The Morgan fingerprint density at radius 1 is 1.03 bits per heavy atom. The molecule has 0 amide bonds. The minimum absolute atomic E-state index is 0.0132. The van der Waals surface area contributed by atoms with Gasteiger partial charge in [-0.2, -0.15) is 0 Å². The molecule has 7 heteroatoms. The Kier molecular flexibility index (Phi) is 8.88. The smallest absolute Gasteiger partial charge is 0.374 e. The third kappa shape index (κ3) is 7.78. The average molecular weight is 471 g/mol. The number of hydrogen-bond donors (Lipinski definition) is 0. The van der Waals surface area contributed by atoms with Crippen LogP contribution in [0.1, 0.15) is 45.7 Å². The molecule has 0 saturated heterocycles. The van der Waals surface area contributed by atoms with Crippen molar-refractivity contribution >= 4 is 26.3 Å². The Hall–Kier alpha value is -3.06. The first kappa shape index (κ1) is 26.2. The standard InChI is InChI=1S/C26H34O6Si/c1-8-29-25(28)24(31-19(2)27)17-21-16-22(32-33(6,7)26(3,4)5)14-15-23(21)30-18-20-12-10-9-11-13-20/h9-17H,8,18H2,1-7H3/b24-17-. The topological polar surface area (TPSA) is 71.1 Å². The normalized spacial score (nSPS) is 12.2. The van der Waals surface area contributed by atoms with Crippen molar-refractivity contribution in [3.63, 3.8) is 0 Å². The van der Waals surface area contributed by atoms with Crippen molar-refractivity contribution in [3.8, 4) is 11.5 Å². The van der Waals surface area contributed by atoms with Crippen molar-refractivity contribution in [2.75, 3.05) is 6.61 Å². The van der Waals surface area contributed by atoms with Crippen LogP contribution in [0.4, 0.5) is 0 Å². The van der Waals surface area contributed by atoms with Gasteiger partial charge in [0.2, 0.25) is 14.1 Å². The second-order valence-corrected chi connectivity index (χ2v) is 13.9. The molecule has 0 unspecified atom stereocenters. The number of esters is 2. The van der Waals surface area contributed by atoms with E-state index in [1.54, 1.807) is 19.1 Å². The number of rotatable bonds is 9. The summed E-state index contributed by atoms with van der Waals surface area (Å²) < 4.78 is 22.7. The van der Waals surface area contributed by atoms with Gasteiger partial charge in [-0.15, -0.1) is 0 Å². The van der Waals surface area contributed by atoms with Crippen LogP contribution < -0.4 is 9.16 Å². The summed E-state index contributed by atoms with van der Waals surface area (Å²) in [5, 5.41) is 0.0132. The molecule has 2 rings (SSSR count). The van der Waals surface area contributed by atoms with E-state index in [0.29, 0.717) is 23.7 Å². The van der Waals surface area contributed by atoms with Crippen LogP contribution in [-0.4, -0.2) is 26.9 Å². The molecule has 6 nitrogen and oxygen atoms in total. The maximum Gasteiger partial charge on any atom is 0.374 e. The summed E-state index contributed by atoms with van der Waals surface area (Å²) in [7, 11) is -2.10.